The average Bonchev–Trinajstić information content (AvgIpc) is 2.49. The van der Waals surface area contributed by atoms with Crippen LogP contribution in [0, 0.1) is 0 Å². The maximum Gasteiger partial charge on any atom is 0.120 e. The van der Waals surface area contributed by atoms with E-state index in [-0.39, 0.29) is 0 Å². The van der Waals surface area contributed by atoms with E-state index in [9.17, 15) is 0 Å². The van der Waals surface area contributed by atoms with Crippen molar-refractivity contribution in [1.29, 1.82) is 0 Å². The lowest BCUT2D eigenvalue weighted by Crippen LogP contribution is -2.10. The number of hydrogen-bond donors (Lipinski definition) is 1. The van der Waals surface area contributed by atoms with Gasteiger partial charge in [-0.05, 0) is 42.8 Å². The summed E-state index contributed by atoms with van der Waals surface area (Å²) < 4.78 is 6.36. The molecule has 0 radical (unpaired) electrons. The van der Waals surface area contributed by atoms with Crippen molar-refractivity contribution in [3.05, 3.63) is 52.5 Å². The summed E-state index contributed by atoms with van der Waals surface area (Å²) in [5.74, 6) is 0.855. The van der Waals surface area contributed by atoms with Crippen LogP contribution in [0.25, 0.3) is 0 Å². The lowest BCUT2D eigenvalue weighted by Gasteiger charge is -2.21. The Labute approximate surface area is 128 Å². The number of halogens is 1. The Kier molecular flexibility index (Phi) is 5.04. The zero-order valence-corrected chi connectivity index (χ0v) is 13.4. The predicted molar refractivity (Wildman–Crippen MR) is 88.0 cm³/mol. The molecule has 106 valence electrons. The van der Waals surface area contributed by atoms with Gasteiger partial charge >= 0.3 is 0 Å². The topological polar surface area (TPSA) is 38.5 Å². The SMILES string of the molecule is COc1cccc(N(C)c2ccc(CCN)c(Br)c2)c1. The van der Waals surface area contributed by atoms with Gasteiger partial charge < -0.3 is 15.4 Å². The highest BCUT2D eigenvalue weighted by Gasteiger charge is 2.07. The minimum absolute atomic E-state index is 0.656. The van der Waals surface area contributed by atoms with Crippen molar-refractivity contribution in [3.8, 4) is 5.75 Å². The number of benzene rings is 2. The highest BCUT2D eigenvalue weighted by Crippen LogP contribution is 2.30. The molecule has 0 unspecified atom stereocenters. The second-order valence-corrected chi connectivity index (χ2v) is 5.43. The monoisotopic (exact) mass is 334 g/mol. The number of methoxy groups -OCH3 is 1. The van der Waals surface area contributed by atoms with Crippen LogP contribution in [0.3, 0.4) is 0 Å². The van der Waals surface area contributed by atoms with Gasteiger partial charge in [0.2, 0.25) is 0 Å². The first kappa shape index (κ1) is 14.9. The van der Waals surface area contributed by atoms with E-state index >= 15 is 0 Å². The first-order chi connectivity index (χ1) is 9.65. The fourth-order valence-corrected chi connectivity index (χ4v) is 2.64. The molecule has 4 heteroatoms. The minimum atomic E-state index is 0.656. The Hall–Kier alpha value is -1.52. The molecule has 0 fully saturated rings. The van der Waals surface area contributed by atoms with Gasteiger partial charge in [0.05, 0.1) is 7.11 Å². The van der Waals surface area contributed by atoms with Crippen LogP contribution >= 0.6 is 15.9 Å². The highest BCUT2D eigenvalue weighted by atomic mass is 79.9. The second kappa shape index (κ2) is 6.77. The normalized spacial score (nSPS) is 10.4. The molecule has 0 saturated carbocycles. The molecule has 0 saturated heterocycles. The van der Waals surface area contributed by atoms with E-state index < -0.39 is 0 Å². The van der Waals surface area contributed by atoms with Crippen LogP contribution in [-0.2, 0) is 6.42 Å². The Morgan fingerprint density at radius 2 is 1.90 bits per heavy atom. The average molecular weight is 335 g/mol. The summed E-state index contributed by atoms with van der Waals surface area (Å²) in [6.45, 7) is 0.656. The summed E-state index contributed by atoms with van der Waals surface area (Å²) in [5.41, 5.74) is 9.04. The molecule has 2 aromatic carbocycles. The summed E-state index contributed by atoms with van der Waals surface area (Å²) in [6, 6.07) is 14.3. The molecular weight excluding hydrogens is 316 g/mol. The molecule has 0 aliphatic heterocycles. The van der Waals surface area contributed by atoms with Crippen LogP contribution in [0.4, 0.5) is 11.4 Å². The molecule has 2 aromatic rings. The Morgan fingerprint density at radius 3 is 2.55 bits per heavy atom. The number of rotatable bonds is 5. The maximum absolute atomic E-state index is 5.61. The Balaban J connectivity index is 2.28. The molecule has 0 atom stereocenters. The van der Waals surface area contributed by atoms with E-state index in [1.54, 1.807) is 7.11 Å². The lowest BCUT2D eigenvalue weighted by molar-refractivity contribution is 0.415. The summed E-state index contributed by atoms with van der Waals surface area (Å²) in [7, 11) is 3.72. The molecule has 2 N–H and O–H groups in total. The minimum Gasteiger partial charge on any atom is -0.497 e. The number of hydrogen-bond acceptors (Lipinski definition) is 3. The van der Waals surface area contributed by atoms with Crippen molar-refractivity contribution in [2.24, 2.45) is 5.73 Å². The number of anilines is 2. The van der Waals surface area contributed by atoms with Gasteiger partial charge in [0.15, 0.2) is 0 Å². The first-order valence-electron chi connectivity index (χ1n) is 6.52. The van der Waals surface area contributed by atoms with Crippen molar-refractivity contribution in [2.45, 2.75) is 6.42 Å². The molecule has 3 nitrogen and oxygen atoms in total. The van der Waals surface area contributed by atoms with E-state index in [4.69, 9.17) is 10.5 Å². The Bertz CT molecular complexity index is 586. The van der Waals surface area contributed by atoms with E-state index in [2.05, 4.69) is 45.1 Å². The third-order valence-electron chi connectivity index (χ3n) is 3.28. The van der Waals surface area contributed by atoms with Gasteiger partial charge in [-0.15, -0.1) is 0 Å². The lowest BCUT2D eigenvalue weighted by atomic mass is 10.1. The van der Waals surface area contributed by atoms with Gasteiger partial charge in [-0.1, -0.05) is 28.1 Å². The summed E-state index contributed by atoms with van der Waals surface area (Å²) in [5, 5.41) is 0. The number of ether oxygens (including phenoxy) is 1. The summed E-state index contributed by atoms with van der Waals surface area (Å²) >= 11 is 3.61. The zero-order valence-electron chi connectivity index (χ0n) is 11.8. The zero-order chi connectivity index (χ0) is 14.5. The largest absolute Gasteiger partial charge is 0.497 e. The molecule has 0 amide bonds. The molecule has 20 heavy (non-hydrogen) atoms. The van der Waals surface area contributed by atoms with E-state index in [0.29, 0.717) is 6.54 Å². The summed E-state index contributed by atoms with van der Waals surface area (Å²) in [6.07, 6.45) is 0.879. The van der Waals surface area contributed by atoms with Crippen molar-refractivity contribution in [3.63, 3.8) is 0 Å². The molecule has 0 aliphatic carbocycles. The fraction of sp³-hybridized carbons (Fsp3) is 0.250. The van der Waals surface area contributed by atoms with E-state index in [1.807, 2.05) is 25.2 Å². The van der Waals surface area contributed by atoms with Crippen LogP contribution in [0.5, 0.6) is 5.75 Å². The van der Waals surface area contributed by atoms with Crippen molar-refractivity contribution < 1.29 is 4.74 Å². The molecule has 0 aliphatic rings. The van der Waals surface area contributed by atoms with Crippen molar-refractivity contribution in [1.82, 2.24) is 0 Å². The third-order valence-corrected chi connectivity index (χ3v) is 4.02. The maximum atomic E-state index is 5.61. The molecule has 0 bridgehead atoms. The van der Waals surface area contributed by atoms with Gasteiger partial charge in [0.25, 0.3) is 0 Å². The summed E-state index contributed by atoms with van der Waals surface area (Å²) in [4.78, 5) is 2.12. The predicted octanol–water partition coefficient (Wildman–Crippen LogP) is 3.73. The number of nitrogens with two attached hydrogens (primary N) is 1. The Morgan fingerprint density at radius 1 is 1.15 bits per heavy atom. The molecular formula is C16H19BrN2O. The number of nitrogens with zero attached hydrogens (tertiary/aromatic N) is 1. The van der Waals surface area contributed by atoms with Crippen LogP contribution < -0.4 is 15.4 Å². The van der Waals surface area contributed by atoms with Crippen LogP contribution in [0.2, 0.25) is 0 Å². The van der Waals surface area contributed by atoms with E-state index in [1.165, 1.54) is 5.56 Å². The highest BCUT2D eigenvalue weighted by molar-refractivity contribution is 9.10. The quantitative estimate of drug-likeness (QED) is 0.905. The van der Waals surface area contributed by atoms with E-state index in [0.717, 1.165) is 28.0 Å². The fourth-order valence-electron chi connectivity index (χ4n) is 2.07. The third kappa shape index (κ3) is 3.32. The standard InChI is InChI=1S/C16H19BrN2O/c1-19(13-4-3-5-15(10-13)20-2)14-7-6-12(8-9-18)16(17)11-14/h3-7,10-11H,8-9,18H2,1-2H3. The van der Waals surface area contributed by atoms with Gasteiger partial charge in [-0.25, -0.2) is 0 Å². The molecule has 0 spiro atoms. The van der Waals surface area contributed by atoms with Crippen molar-refractivity contribution in [2.75, 3.05) is 25.6 Å². The molecule has 2 rings (SSSR count). The van der Waals surface area contributed by atoms with Crippen LogP contribution in [0.1, 0.15) is 5.56 Å². The van der Waals surface area contributed by atoms with Gasteiger partial charge in [0, 0.05) is 29.0 Å². The smallest absolute Gasteiger partial charge is 0.120 e. The molecule has 0 heterocycles. The molecule has 0 aromatic heterocycles. The van der Waals surface area contributed by atoms with Crippen molar-refractivity contribution >= 4 is 27.3 Å². The first-order valence-corrected chi connectivity index (χ1v) is 7.31. The van der Waals surface area contributed by atoms with Crippen LogP contribution in [0.15, 0.2) is 46.9 Å². The van der Waals surface area contributed by atoms with Gasteiger partial charge in [-0.2, -0.15) is 0 Å². The van der Waals surface area contributed by atoms with Gasteiger partial charge in [-0.3, -0.25) is 0 Å². The van der Waals surface area contributed by atoms with Gasteiger partial charge in [0.1, 0.15) is 5.75 Å². The van der Waals surface area contributed by atoms with Crippen LogP contribution in [-0.4, -0.2) is 20.7 Å². The second-order valence-electron chi connectivity index (χ2n) is 4.57.